The first-order valence-corrected chi connectivity index (χ1v) is 6.78. The number of hydrogen-bond acceptors (Lipinski definition) is 8. The second kappa shape index (κ2) is 8.08. The normalized spacial score (nSPS) is 11.7. The summed E-state index contributed by atoms with van der Waals surface area (Å²) < 4.78 is 0. The van der Waals surface area contributed by atoms with Crippen LogP contribution in [0.5, 0.6) is 0 Å². The molecule has 0 aromatic heterocycles. The van der Waals surface area contributed by atoms with E-state index >= 15 is 0 Å². The smallest absolute Gasteiger partial charge is 0.135 e. The Morgan fingerprint density at radius 3 is 1.29 bits per heavy atom. The Bertz CT molecular complexity index is 706. The molecule has 0 aliphatic carbocycles. The molecule has 2 aromatic carbocycles. The van der Waals surface area contributed by atoms with Gasteiger partial charge in [-0.05, 0) is 24.3 Å². The van der Waals surface area contributed by atoms with Crippen LogP contribution in [0.3, 0.4) is 0 Å². The zero-order chi connectivity index (χ0) is 17.4. The number of benzene rings is 2. The topological polar surface area (TPSA) is 129 Å². The zero-order valence-electron chi connectivity index (χ0n) is 12.3. The van der Waals surface area contributed by atoms with Crippen LogP contribution in [-0.2, 0) is 9.59 Å². The van der Waals surface area contributed by atoms with Crippen LogP contribution in [0.1, 0.15) is 0 Å². The molecule has 0 bridgehead atoms. The number of nitrogens with one attached hydrogen (secondary N) is 2. The van der Waals surface area contributed by atoms with Crippen LogP contribution in [0.2, 0.25) is 0 Å². The Balaban J connectivity index is 2.27. The standard InChI is InChI=1S/C16H14N4O4/c21-15(22)13(19-17-11-7-3-1-4-8-11)14(16(23)24)20-18-12-9-5-2-6-10-12/h1-10,17-18H,(H,21,22)(H,23,24)/p-2. The average Bonchev–Trinajstić information content (AvgIpc) is 2.59. The maximum absolute atomic E-state index is 11.2. The molecule has 0 fully saturated rings. The van der Waals surface area contributed by atoms with Gasteiger partial charge in [0.25, 0.3) is 0 Å². The summed E-state index contributed by atoms with van der Waals surface area (Å²) in [6.45, 7) is 0. The number of aliphatic carboxylic acids is 2. The Morgan fingerprint density at radius 1 is 0.667 bits per heavy atom. The third-order valence-corrected chi connectivity index (χ3v) is 2.75. The van der Waals surface area contributed by atoms with Gasteiger partial charge in [0.05, 0.1) is 23.3 Å². The zero-order valence-corrected chi connectivity index (χ0v) is 12.3. The number of nitrogens with zero attached hydrogens (tertiary/aromatic N) is 2. The van der Waals surface area contributed by atoms with E-state index < -0.39 is 23.4 Å². The van der Waals surface area contributed by atoms with Gasteiger partial charge in [-0.25, -0.2) is 0 Å². The molecule has 0 aliphatic rings. The minimum atomic E-state index is -1.81. The van der Waals surface area contributed by atoms with E-state index in [0.29, 0.717) is 11.4 Å². The summed E-state index contributed by atoms with van der Waals surface area (Å²) in [5.41, 5.74) is 3.98. The van der Waals surface area contributed by atoms with Gasteiger partial charge in [-0.1, -0.05) is 36.4 Å². The molecule has 0 spiro atoms. The van der Waals surface area contributed by atoms with E-state index in [2.05, 4.69) is 21.1 Å². The van der Waals surface area contributed by atoms with E-state index in [9.17, 15) is 19.8 Å². The quantitative estimate of drug-likeness (QED) is 0.518. The van der Waals surface area contributed by atoms with Gasteiger partial charge >= 0.3 is 0 Å². The lowest BCUT2D eigenvalue weighted by atomic mass is 10.2. The van der Waals surface area contributed by atoms with Crippen LogP contribution in [-0.4, -0.2) is 23.4 Å². The Labute approximate surface area is 137 Å². The summed E-state index contributed by atoms with van der Waals surface area (Å²) >= 11 is 0. The van der Waals surface area contributed by atoms with Crippen LogP contribution in [0.15, 0.2) is 70.9 Å². The van der Waals surface area contributed by atoms with Crippen LogP contribution in [0, 0.1) is 0 Å². The van der Waals surface area contributed by atoms with E-state index in [0.717, 1.165) is 0 Å². The lowest BCUT2D eigenvalue weighted by molar-refractivity contribution is -0.297. The first-order valence-electron chi connectivity index (χ1n) is 6.78. The highest BCUT2D eigenvalue weighted by Crippen LogP contribution is 2.06. The summed E-state index contributed by atoms with van der Waals surface area (Å²) in [6, 6.07) is 16.8. The van der Waals surface area contributed by atoms with Gasteiger partial charge in [-0.3, -0.25) is 10.9 Å². The summed E-state index contributed by atoms with van der Waals surface area (Å²) in [4.78, 5) is 22.4. The molecular formula is C16H12N4O4-2. The number of carboxylic acids is 2. The number of anilines is 2. The fourth-order valence-corrected chi connectivity index (χ4v) is 1.66. The monoisotopic (exact) mass is 324 g/mol. The van der Waals surface area contributed by atoms with Crippen LogP contribution >= 0.6 is 0 Å². The van der Waals surface area contributed by atoms with Crippen molar-refractivity contribution in [2.45, 2.75) is 0 Å². The van der Waals surface area contributed by atoms with E-state index in [-0.39, 0.29) is 0 Å². The molecule has 2 aromatic rings. The number of carboxylic acid groups (broad SMARTS) is 2. The van der Waals surface area contributed by atoms with Crippen LogP contribution < -0.4 is 21.1 Å². The predicted molar refractivity (Wildman–Crippen MR) is 85.0 cm³/mol. The molecule has 24 heavy (non-hydrogen) atoms. The highest BCUT2D eigenvalue weighted by atomic mass is 16.4. The minimum Gasteiger partial charge on any atom is -0.543 e. The molecule has 8 nitrogen and oxygen atoms in total. The first kappa shape index (κ1) is 16.7. The van der Waals surface area contributed by atoms with Crippen molar-refractivity contribution in [3.8, 4) is 0 Å². The van der Waals surface area contributed by atoms with Crippen molar-refractivity contribution >= 4 is 34.7 Å². The lowest BCUT2D eigenvalue weighted by Crippen LogP contribution is -2.46. The van der Waals surface area contributed by atoms with Gasteiger partial charge in [0.15, 0.2) is 0 Å². The third-order valence-electron chi connectivity index (χ3n) is 2.75. The molecule has 2 rings (SSSR count). The number of hydrogen-bond donors (Lipinski definition) is 2. The average molecular weight is 324 g/mol. The third kappa shape index (κ3) is 4.67. The molecule has 0 unspecified atom stereocenters. The van der Waals surface area contributed by atoms with Crippen LogP contribution in [0.25, 0.3) is 0 Å². The van der Waals surface area contributed by atoms with Gasteiger partial charge in [-0.2, -0.15) is 10.2 Å². The second-order valence-electron chi connectivity index (χ2n) is 4.45. The van der Waals surface area contributed by atoms with E-state index in [1.807, 2.05) is 0 Å². The molecule has 0 saturated carbocycles. The number of para-hydroxylation sites is 2. The molecule has 0 atom stereocenters. The first-order chi connectivity index (χ1) is 11.6. The molecule has 2 N–H and O–H groups in total. The lowest BCUT2D eigenvalue weighted by Gasteiger charge is -2.12. The van der Waals surface area contributed by atoms with Crippen LogP contribution in [0.4, 0.5) is 11.4 Å². The summed E-state index contributed by atoms with van der Waals surface area (Å²) in [5.74, 6) is -3.62. The Kier molecular flexibility index (Phi) is 5.62. The minimum absolute atomic E-state index is 0.463. The van der Waals surface area contributed by atoms with Gasteiger partial charge in [0.1, 0.15) is 11.4 Å². The summed E-state index contributed by atoms with van der Waals surface area (Å²) in [6.07, 6.45) is 0. The SMILES string of the molecule is O=C([O-])C(=NNc1ccccc1)C(=NNc1ccccc1)C(=O)[O-]. The van der Waals surface area contributed by atoms with Crippen molar-refractivity contribution in [1.82, 2.24) is 0 Å². The second-order valence-corrected chi connectivity index (χ2v) is 4.45. The van der Waals surface area contributed by atoms with Crippen molar-refractivity contribution in [3.05, 3.63) is 60.7 Å². The summed E-state index contributed by atoms with van der Waals surface area (Å²) in [5, 5.41) is 29.5. The summed E-state index contributed by atoms with van der Waals surface area (Å²) in [7, 11) is 0. The van der Waals surface area contributed by atoms with Crippen molar-refractivity contribution in [3.63, 3.8) is 0 Å². The number of hydrazone groups is 2. The molecule has 0 saturated heterocycles. The molecular weight excluding hydrogens is 312 g/mol. The van der Waals surface area contributed by atoms with Gasteiger partial charge < -0.3 is 19.8 Å². The van der Waals surface area contributed by atoms with Crippen molar-refractivity contribution in [1.29, 1.82) is 0 Å². The number of carbonyl (C=O) groups is 2. The van der Waals surface area contributed by atoms with E-state index in [4.69, 9.17) is 0 Å². The Hall–Kier alpha value is -3.68. The largest absolute Gasteiger partial charge is 0.543 e. The molecule has 8 heteroatoms. The van der Waals surface area contributed by atoms with E-state index in [1.165, 1.54) is 0 Å². The molecule has 0 amide bonds. The van der Waals surface area contributed by atoms with Gasteiger partial charge in [0, 0.05) is 0 Å². The van der Waals surface area contributed by atoms with Crippen molar-refractivity contribution in [2.24, 2.45) is 10.2 Å². The van der Waals surface area contributed by atoms with E-state index in [1.54, 1.807) is 60.7 Å². The molecule has 0 aliphatic heterocycles. The van der Waals surface area contributed by atoms with Gasteiger partial charge in [0.2, 0.25) is 0 Å². The molecule has 0 heterocycles. The predicted octanol–water partition coefficient (Wildman–Crippen LogP) is -0.578. The highest BCUT2D eigenvalue weighted by molar-refractivity contribution is 6.78. The maximum Gasteiger partial charge on any atom is 0.135 e. The van der Waals surface area contributed by atoms with Crippen molar-refractivity contribution < 1.29 is 19.8 Å². The maximum atomic E-state index is 11.2. The van der Waals surface area contributed by atoms with Crippen molar-refractivity contribution in [2.75, 3.05) is 10.9 Å². The fraction of sp³-hybridized carbons (Fsp3) is 0. The molecule has 122 valence electrons. The Morgan fingerprint density at radius 2 is 1.00 bits per heavy atom. The number of carbonyl (C=O) groups excluding carboxylic acids is 2. The van der Waals surface area contributed by atoms with Gasteiger partial charge in [-0.15, -0.1) is 0 Å². The molecule has 0 radical (unpaired) electrons. The highest BCUT2D eigenvalue weighted by Gasteiger charge is 2.13. The number of rotatable bonds is 7. The fourth-order valence-electron chi connectivity index (χ4n) is 1.66.